The molecule has 0 bridgehead atoms. The summed E-state index contributed by atoms with van der Waals surface area (Å²) in [5.74, 6) is 1.53. The van der Waals surface area contributed by atoms with Gasteiger partial charge in [0.25, 0.3) is 0 Å². The van der Waals surface area contributed by atoms with Crippen LogP contribution in [0.4, 0.5) is 5.82 Å². The Morgan fingerprint density at radius 2 is 2.08 bits per heavy atom. The summed E-state index contributed by atoms with van der Waals surface area (Å²) in [4.78, 5) is 14.6. The van der Waals surface area contributed by atoms with Crippen molar-refractivity contribution in [1.29, 1.82) is 5.26 Å². The summed E-state index contributed by atoms with van der Waals surface area (Å²) in [6.07, 6.45) is 5.44. The number of aromatic nitrogens is 2. The van der Waals surface area contributed by atoms with Gasteiger partial charge >= 0.3 is 6.01 Å². The predicted molar refractivity (Wildman–Crippen MR) is 148 cm³/mol. The van der Waals surface area contributed by atoms with E-state index in [9.17, 15) is 10.4 Å². The second-order valence-electron chi connectivity index (χ2n) is 11.0. The minimum absolute atomic E-state index is 0.130. The number of ether oxygens (including phenoxy) is 1. The minimum Gasteiger partial charge on any atom is -0.508 e. The fraction of sp³-hybridized carbons (Fsp3) is 0.500. The third-order valence-electron chi connectivity index (χ3n) is 8.52. The third-order valence-corrected chi connectivity index (χ3v) is 8.52. The summed E-state index contributed by atoms with van der Waals surface area (Å²) in [5.41, 5.74) is 3.43. The van der Waals surface area contributed by atoms with Crippen LogP contribution in [-0.2, 0) is 12.8 Å². The van der Waals surface area contributed by atoms with Crippen molar-refractivity contribution in [1.82, 2.24) is 20.2 Å². The van der Waals surface area contributed by atoms with E-state index in [0.29, 0.717) is 30.8 Å². The van der Waals surface area contributed by atoms with Gasteiger partial charge in [-0.1, -0.05) is 24.3 Å². The molecule has 8 heteroatoms. The van der Waals surface area contributed by atoms with E-state index >= 15 is 0 Å². The molecule has 0 spiro atoms. The molecule has 6 rings (SSSR count). The first-order valence-corrected chi connectivity index (χ1v) is 13.9. The lowest BCUT2D eigenvalue weighted by Crippen LogP contribution is -2.51. The normalized spacial score (nSPS) is 23.8. The monoisotopic (exact) mass is 512 g/mol. The lowest BCUT2D eigenvalue weighted by molar-refractivity contribution is 0.187. The molecular formula is C30H36N6O2. The second kappa shape index (κ2) is 10.8. The van der Waals surface area contributed by atoms with Gasteiger partial charge in [-0.05, 0) is 80.1 Å². The van der Waals surface area contributed by atoms with Gasteiger partial charge in [0, 0.05) is 37.3 Å². The molecule has 198 valence electrons. The number of likely N-dealkylation sites (N-methyl/N-ethyl adjacent to an activating group) is 1. The first-order valence-electron chi connectivity index (χ1n) is 13.9. The van der Waals surface area contributed by atoms with Crippen molar-refractivity contribution < 1.29 is 9.84 Å². The van der Waals surface area contributed by atoms with Gasteiger partial charge < -0.3 is 25.0 Å². The fourth-order valence-corrected chi connectivity index (χ4v) is 6.45. The average molecular weight is 513 g/mol. The molecule has 3 atom stereocenters. The van der Waals surface area contributed by atoms with E-state index in [0.717, 1.165) is 68.8 Å². The Bertz CT molecular complexity index is 1350. The molecule has 3 aromatic rings. The van der Waals surface area contributed by atoms with E-state index in [2.05, 4.69) is 46.4 Å². The molecule has 38 heavy (non-hydrogen) atoms. The first-order chi connectivity index (χ1) is 18.6. The SMILES string of the molecule is CN1CCCC1COc1nc2c(c(N3CCNC(CC#N)C3)n1)CCC(c1cc(O)cc3ccccc13)C2. The van der Waals surface area contributed by atoms with Gasteiger partial charge in [0.15, 0.2) is 0 Å². The molecule has 2 aromatic carbocycles. The molecule has 2 fully saturated rings. The molecule has 8 nitrogen and oxygen atoms in total. The molecule has 0 saturated carbocycles. The highest BCUT2D eigenvalue weighted by atomic mass is 16.5. The fourth-order valence-electron chi connectivity index (χ4n) is 6.45. The van der Waals surface area contributed by atoms with Crippen LogP contribution in [-0.4, -0.2) is 71.9 Å². The zero-order valence-corrected chi connectivity index (χ0v) is 22.1. The highest BCUT2D eigenvalue weighted by Gasteiger charge is 2.31. The van der Waals surface area contributed by atoms with Crippen LogP contribution in [0.2, 0.25) is 0 Å². The number of aromatic hydroxyl groups is 1. The molecule has 0 radical (unpaired) electrons. The van der Waals surface area contributed by atoms with Crippen LogP contribution >= 0.6 is 0 Å². The Morgan fingerprint density at radius 3 is 2.92 bits per heavy atom. The number of anilines is 1. The molecule has 3 aliphatic rings. The van der Waals surface area contributed by atoms with Gasteiger partial charge in [-0.15, -0.1) is 0 Å². The minimum atomic E-state index is 0.130. The molecule has 3 heterocycles. The van der Waals surface area contributed by atoms with Gasteiger partial charge in [0.05, 0.1) is 18.2 Å². The van der Waals surface area contributed by atoms with Crippen molar-refractivity contribution in [2.75, 3.05) is 44.7 Å². The van der Waals surface area contributed by atoms with Crippen LogP contribution in [0.15, 0.2) is 36.4 Å². The lowest BCUT2D eigenvalue weighted by Gasteiger charge is -2.36. The summed E-state index contributed by atoms with van der Waals surface area (Å²) in [7, 11) is 2.15. The number of fused-ring (bicyclic) bond motifs is 2. The number of hydrogen-bond acceptors (Lipinski definition) is 8. The quantitative estimate of drug-likeness (QED) is 0.515. The van der Waals surface area contributed by atoms with Gasteiger partial charge in [-0.3, -0.25) is 0 Å². The van der Waals surface area contributed by atoms with E-state index < -0.39 is 0 Å². The van der Waals surface area contributed by atoms with Crippen LogP contribution < -0.4 is 15.0 Å². The Kier molecular flexibility index (Phi) is 7.05. The van der Waals surface area contributed by atoms with Crippen LogP contribution in [0, 0.1) is 11.3 Å². The summed E-state index contributed by atoms with van der Waals surface area (Å²) < 4.78 is 6.26. The van der Waals surface area contributed by atoms with Crippen LogP contribution in [0.25, 0.3) is 10.8 Å². The molecule has 3 unspecified atom stereocenters. The van der Waals surface area contributed by atoms with E-state index in [4.69, 9.17) is 14.7 Å². The van der Waals surface area contributed by atoms with Crippen molar-refractivity contribution in [3.63, 3.8) is 0 Å². The number of nitrogens with zero attached hydrogens (tertiary/aromatic N) is 5. The van der Waals surface area contributed by atoms with Gasteiger partial charge in [0.1, 0.15) is 18.2 Å². The highest BCUT2D eigenvalue weighted by Crippen LogP contribution is 2.40. The maximum Gasteiger partial charge on any atom is 0.318 e. The summed E-state index contributed by atoms with van der Waals surface area (Å²) in [6, 6.07) is 15.3. The van der Waals surface area contributed by atoms with Crippen LogP contribution in [0.3, 0.4) is 0 Å². The van der Waals surface area contributed by atoms with Crippen molar-refractivity contribution in [2.24, 2.45) is 0 Å². The topological polar surface area (TPSA) is 97.5 Å². The number of phenolic OH excluding ortho intramolecular Hbond substituents is 1. The molecule has 2 aliphatic heterocycles. The van der Waals surface area contributed by atoms with E-state index in [1.165, 1.54) is 22.9 Å². The Hall–Kier alpha value is -3.41. The van der Waals surface area contributed by atoms with Crippen molar-refractivity contribution in [3.8, 4) is 17.8 Å². The Morgan fingerprint density at radius 1 is 1.18 bits per heavy atom. The summed E-state index contributed by atoms with van der Waals surface area (Å²) >= 11 is 0. The number of piperazine rings is 1. The van der Waals surface area contributed by atoms with E-state index in [1.807, 2.05) is 18.2 Å². The number of nitrogens with one attached hydrogen (secondary N) is 1. The van der Waals surface area contributed by atoms with Crippen LogP contribution in [0.1, 0.15) is 48.4 Å². The summed E-state index contributed by atoms with van der Waals surface area (Å²) in [6.45, 7) is 4.12. The van der Waals surface area contributed by atoms with E-state index in [1.54, 1.807) is 0 Å². The lowest BCUT2D eigenvalue weighted by atomic mass is 9.80. The molecule has 2 saturated heterocycles. The molecule has 0 amide bonds. The molecule has 1 aromatic heterocycles. The second-order valence-corrected chi connectivity index (χ2v) is 11.0. The Labute approximate surface area is 224 Å². The molecule has 2 N–H and O–H groups in total. The Balaban J connectivity index is 1.33. The number of benzene rings is 2. The maximum atomic E-state index is 10.5. The highest BCUT2D eigenvalue weighted by molar-refractivity contribution is 5.87. The van der Waals surface area contributed by atoms with Gasteiger partial charge in [0.2, 0.25) is 0 Å². The standard InChI is InChI=1S/C30H36N6O2/c1-35-13-4-6-23(35)19-38-30-33-28-16-21(27-17-24(37)15-20-5-2-3-7-25(20)27)8-9-26(28)29(34-30)36-14-12-32-22(18-36)10-11-31/h2-3,5,7,15,17,21-23,32,37H,4,6,8-10,12-14,16,18-19H2,1H3. The third kappa shape index (κ3) is 5.01. The van der Waals surface area contributed by atoms with Crippen molar-refractivity contribution >= 4 is 16.6 Å². The predicted octanol–water partition coefficient (Wildman–Crippen LogP) is 3.77. The molecule has 1 aliphatic carbocycles. The van der Waals surface area contributed by atoms with Crippen molar-refractivity contribution in [3.05, 3.63) is 53.2 Å². The smallest absolute Gasteiger partial charge is 0.318 e. The zero-order chi connectivity index (χ0) is 26.1. The zero-order valence-electron chi connectivity index (χ0n) is 22.1. The number of rotatable bonds is 6. The largest absolute Gasteiger partial charge is 0.508 e. The maximum absolute atomic E-state index is 10.5. The number of hydrogen-bond donors (Lipinski definition) is 2. The van der Waals surface area contributed by atoms with Crippen LogP contribution in [0.5, 0.6) is 11.8 Å². The van der Waals surface area contributed by atoms with Gasteiger partial charge in [-0.25, -0.2) is 0 Å². The number of nitriles is 1. The summed E-state index contributed by atoms with van der Waals surface area (Å²) in [5, 5.41) is 25.5. The van der Waals surface area contributed by atoms with Crippen molar-refractivity contribution in [2.45, 2.75) is 56.5 Å². The number of phenols is 1. The first kappa shape index (κ1) is 24.9. The van der Waals surface area contributed by atoms with Gasteiger partial charge in [-0.2, -0.15) is 15.2 Å². The van der Waals surface area contributed by atoms with E-state index in [-0.39, 0.29) is 12.0 Å². The number of likely N-dealkylation sites (tertiary alicyclic amines) is 1. The molecular weight excluding hydrogens is 476 g/mol. The average Bonchev–Trinajstić information content (AvgIpc) is 3.35.